The molecule has 0 spiro atoms. The Hall–Kier alpha value is -2.89. The number of rotatable bonds is 54. The molecular formula is C63H112O6. The minimum absolute atomic E-state index is 0.0855. The second-order valence-corrected chi connectivity index (χ2v) is 19.9. The number of allylic oxidation sites excluding steroid dienone is 10. The summed E-state index contributed by atoms with van der Waals surface area (Å²) in [7, 11) is 0. The third kappa shape index (κ3) is 55.9. The summed E-state index contributed by atoms with van der Waals surface area (Å²) < 4.78 is 16.9. The van der Waals surface area contributed by atoms with Gasteiger partial charge in [0.25, 0.3) is 0 Å². The van der Waals surface area contributed by atoms with E-state index in [-0.39, 0.29) is 31.1 Å². The Labute approximate surface area is 428 Å². The second kappa shape index (κ2) is 57.7. The summed E-state index contributed by atoms with van der Waals surface area (Å²) in [5.74, 6) is -0.912. The fourth-order valence-electron chi connectivity index (χ4n) is 8.57. The van der Waals surface area contributed by atoms with Gasteiger partial charge in [0.05, 0.1) is 0 Å². The van der Waals surface area contributed by atoms with Crippen molar-refractivity contribution in [3.8, 4) is 0 Å². The monoisotopic (exact) mass is 965 g/mol. The van der Waals surface area contributed by atoms with Gasteiger partial charge in [-0.3, -0.25) is 14.4 Å². The zero-order valence-electron chi connectivity index (χ0n) is 45.8. The molecule has 0 aliphatic carbocycles. The van der Waals surface area contributed by atoms with Crippen LogP contribution in [0.1, 0.15) is 303 Å². The first-order chi connectivity index (χ1) is 34.0. The molecule has 1 unspecified atom stereocenters. The summed E-state index contributed by atoms with van der Waals surface area (Å²) in [6, 6.07) is 0. The molecule has 0 N–H and O–H groups in total. The van der Waals surface area contributed by atoms with Gasteiger partial charge in [-0.1, -0.05) is 268 Å². The molecule has 69 heavy (non-hydrogen) atoms. The maximum absolute atomic E-state index is 12.9. The van der Waals surface area contributed by atoms with Crippen LogP contribution in [-0.2, 0) is 28.6 Å². The average molecular weight is 966 g/mol. The Balaban J connectivity index is 4.39. The average Bonchev–Trinajstić information content (AvgIpc) is 3.35. The van der Waals surface area contributed by atoms with Gasteiger partial charge in [-0.05, 0) is 77.0 Å². The van der Waals surface area contributed by atoms with E-state index in [4.69, 9.17) is 14.2 Å². The number of hydrogen-bond acceptors (Lipinski definition) is 6. The van der Waals surface area contributed by atoms with E-state index in [9.17, 15) is 14.4 Å². The zero-order valence-corrected chi connectivity index (χ0v) is 45.8. The lowest BCUT2D eigenvalue weighted by molar-refractivity contribution is -0.167. The van der Waals surface area contributed by atoms with Crippen LogP contribution in [0.4, 0.5) is 0 Å². The molecule has 0 bridgehead atoms. The molecule has 0 aliphatic heterocycles. The molecule has 0 aromatic carbocycles. The Kier molecular flexibility index (Phi) is 55.3. The Morgan fingerprint density at radius 3 is 0.986 bits per heavy atom. The number of carbonyl (C=O) groups is 3. The molecule has 0 rings (SSSR count). The first kappa shape index (κ1) is 66.1. The fraction of sp³-hybridized carbons (Fsp3) is 0.794. The number of carbonyl (C=O) groups excluding carboxylic acids is 3. The maximum Gasteiger partial charge on any atom is 0.306 e. The summed E-state index contributed by atoms with van der Waals surface area (Å²) in [6.45, 7) is 6.53. The molecule has 400 valence electrons. The minimum Gasteiger partial charge on any atom is -0.462 e. The largest absolute Gasteiger partial charge is 0.462 e. The van der Waals surface area contributed by atoms with Crippen LogP contribution in [-0.4, -0.2) is 37.2 Å². The predicted molar refractivity (Wildman–Crippen MR) is 298 cm³/mol. The Bertz CT molecular complexity index is 1250. The first-order valence-corrected chi connectivity index (χ1v) is 29.8. The molecule has 0 saturated heterocycles. The van der Waals surface area contributed by atoms with Crippen LogP contribution in [0.25, 0.3) is 0 Å². The summed E-state index contributed by atoms with van der Waals surface area (Å²) in [6.07, 6.45) is 72.2. The van der Waals surface area contributed by atoms with Gasteiger partial charge >= 0.3 is 17.9 Å². The van der Waals surface area contributed by atoms with Gasteiger partial charge in [0.15, 0.2) is 6.10 Å². The van der Waals surface area contributed by atoms with Crippen molar-refractivity contribution >= 4 is 17.9 Å². The number of unbranched alkanes of at least 4 members (excludes halogenated alkanes) is 34. The summed E-state index contributed by atoms with van der Waals surface area (Å²) in [5.41, 5.74) is 0. The van der Waals surface area contributed by atoms with Crippen molar-refractivity contribution < 1.29 is 28.6 Å². The van der Waals surface area contributed by atoms with Crippen molar-refractivity contribution in [1.82, 2.24) is 0 Å². The van der Waals surface area contributed by atoms with E-state index in [0.717, 1.165) is 103 Å². The number of esters is 3. The predicted octanol–water partition coefficient (Wildman–Crippen LogP) is 20.0. The third-order valence-electron chi connectivity index (χ3n) is 13.0. The third-order valence-corrected chi connectivity index (χ3v) is 13.0. The van der Waals surface area contributed by atoms with Gasteiger partial charge in [-0.15, -0.1) is 0 Å². The lowest BCUT2D eigenvalue weighted by Crippen LogP contribution is -2.30. The molecule has 6 heteroatoms. The lowest BCUT2D eigenvalue weighted by atomic mass is 10.0. The van der Waals surface area contributed by atoms with E-state index >= 15 is 0 Å². The highest BCUT2D eigenvalue weighted by molar-refractivity contribution is 5.71. The van der Waals surface area contributed by atoms with E-state index in [0.29, 0.717) is 19.3 Å². The molecule has 0 heterocycles. The minimum atomic E-state index is -0.791. The van der Waals surface area contributed by atoms with E-state index in [1.54, 1.807) is 0 Å². The summed E-state index contributed by atoms with van der Waals surface area (Å²) in [4.78, 5) is 38.2. The molecule has 0 aromatic heterocycles. The standard InChI is InChI=1S/C63H112O6/c1-4-7-10-13-16-19-22-25-28-31-32-33-36-38-41-44-47-50-53-56-62(65)68-59-60(69-63(66)57-54-51-48-45-42-39-35-30-27-24-21-18-15-12-9-6-3)58-67-61(64)55-52-49-46-43-40-37-34-29-26-23-20-17-14-11-8-5-2/h9,12,18,21,27,29-30,34,37,40,60H,4-8,10-11,13-17,19-20,22-26,28,31-33,35-36,38-39,41-59H2,1-3H3/b12-9-,21-18-,30-27-,34-29-,40-37-. The molecule has 6 nitrogen and oxygen atoms in total. The van der Waals surface area contributed by atoms with E-state index in [2.05, 4.69) is 81.5 Å². The molecule has 0 amide bonds. The van der Waals surface area contributed by atoms with Crippen molar-refractivity contribution in [3.05, 3.63) is 60.8 Å². The molecular weight excluding hydrogens is 853 g/mol. The van der Waals surface area contributed by atoms with Crippen molar-refractivity contribution in [2.24, 2.45) is 0 Å². The number of hydrogen-bond donors (Lipinski definition) is 0. The molecule has 1 atom stereocenters. The molecule has 0 fully saturated rings. The van der Waals surface area contributed by atoms with E-state index in [1.165, 1.54) is 161 Å². The van der Waals surface area contributed by atoms with Crippen LogP contribution < -0.4 is 0 Å². The molecule has 0 radical (unpaired) electrons. The maximum atomic E-state index is 12.9. The SMILES string of the molecule is CC/C=C\C/C=C\C/C=C\CCCCCCCCC(=O)OC(COC(=O)CCCCC/C=C\C=C/CCCCCCCCC)COC(=O)CCCCCCCCCCCCCCCCCCCCC. The van der Waals surface area contributed by atoms with Crippen LogP contribution >= 0.6 is 0 Å². The fourth-order valence-corrected chi connectivity index (χ4v) is 8.57. The van der Waals surface area contributed by atoms with Crippen LogP contribution in [0.5, 0.6) is 0 Å². The van der Waals surface area contributed by atoms with Crippen LogP contribution in [0.2, 0.25) is 0 Å². The molecule has 0 aliphatic rings. The lowest BCUT2D eigenvalue weighted by Gasteiger charge is -2.18. The van der Waals surface area contributed by atoms with E-state index < -0.39 is 6.10 Å². The van der Waals surface area contributed by atoms with Crippen molar-refractivity contribution in [3.63, 3.8) is 0 Å². The van der Waals surface area contributed by atoms with Gasteiger partial charge in [0.1, 0.15) is 13.2 Å². The summed E-state index contributed by atoms with van der Waals surface area (Å²) in [5, 5.41) is 0. The highest BCUT2D eigenvalue weighted by Gasteiger charge is 2.19. The Morgan fingerprint density at radius 2 is 0.609 bits per heavy atom. The molecule has 0 saturated carbocycles. The quantitative estimate of drug-likeness (QED) is 0.0199. The van der Waals surface area contributed by atoms with Crippen LogP contribution in [0, 0.1) is 0 Å². The Morgan fingerprint density at radius 1 is 0.319 bits per heavy atom. The summed E-state index contributed by atoms with van der Waals surface area (Å²) >= 11 is 0. The van der Waals surface area contributed by atoms with Crippen molar-refractivity contribution in [2.75, 3.05) is 13.2 Å². The highest BCUT2D eigenvalue weighted by atomic mass is 16.6. The van der Waals surface area contributed by atoms with E-state index in [1.807, 2.05) is 0 Å². The van der Waals surface area contributed by atoms with Gasteiger partial charge in [0, 0.05) is 19.3 Å². The van der Waals surface area contributed by atoms with Crippen molar-refractivity contribution in [1.29, 1.82) is 0 Å². The highest BCUT2D eigenvalue weighted by Crippen LogP contribution is 2.16. The second-order valence-electron chi connectivity index (χ2n) is 19.9. The van der Waals surface area contributed by atoms with Gasteiger partial charge < -0.3 is 14.2 Å². The van der Waals surface area contributed by atoms with Gasteiger partial charge in [0.2, 0.25) is 0 Å². The van der Waals surface area contributed by atoms with Gasteiger partial charge in [-0.25, -0.2) is 0 Å². The smallest absolute Gasteiger partial charge is 0.306 e. The van der Waals surface area contributed by atoms with Crippen molar-refractivity contribution in [2.45, 2.75) is 309 Å². The topological polar surface area (TPSA) is 78.9 Å². The zero-order chi connectivity index (χ0) is 50.0. The first-order valence-electron chi connectivity index (χ1n) is 29.8. The normalized spacial score (nSPS) is 12.4. The van der Waals surface area contributed by atoms with Gasteiger partial charge in [-0.2, -0.15) is 0 Å². The van der Waals surface area contributed by atoms with Crippen LogP contribution in [0.3, 0.4) is 0 Å². The molecule has 0 aromatic rings. The van der Waals surface area contributed by atoms with Crippen LogP contribution in [0.15, 0.2) is 60.8 Å². The number of ether oxygens (including phenoxy) is 3.